The van der Waals surface area contributed by atoms with Gasteiger partial charge in [-0.15, -0.1) is 0 Å². The summed E-state index contributed by atoms with van der Waals surface area (Å²) in [7, 11) is 0. The molecule has 1 aliphatic heterocycles. The average Bonchev–Trinajstić information content (AvgIpc) is 3.55. The molecule has 1 aliphatic rings. The molecule has 52 heavy (non-hydrogen) atoms. The number of carbonyl (C=O) groups excluding carboxylic acids is 7. The Hall–Kier alpha value is -5.74. The number of nitrogens with zero attached hydrogens (tertiary/aromatic N) is 3. The van der Waals surface area contributed by atoms with Crippen molar-refractivity contribution in [2.45, 2.75) is 95.0 Å². The summed E-state index contributed by atoms with van der Waals surface area (Å²) in [6, 6.07) is -7.17. The molecular formula is C29H52N14O9. The van der Waals surface area contributed by atoms with Crippen molar-refractivity contribution in [2.75, 3.05) is 26.2 Å². The van der Waals surface area contributed by atoms with Crippen molar-refractivity contribution in [1.82, 2.24) is 31.5 Å². The number of nitrogens with one attached hydrogen (secondary N) is 5. The predicted octanol–water partition coefficient (Wildman–Crippen LogP) is -6.53. The number of aliphatic carboxylic acids is 1. The van der Waals surface area contributed by atoms with Gasteiger partial charge in [0.15, 0.2) is 11.9 Å². The molecule has 18 N–H and O–H groups in total. The monoisotopic (exact) mass is 740 g/mol. The van der Waals surface area contributed by atoms with Crippen LogP contribution in [0, 0.1) is 0 Å². The minimum atomic E-state index is -1.50. The third-order valence-electron chi connectivity index (χ3n) is 7.60. The Morgan fingerprint density at radius 3 is 1.79 bits per heavy atom. The molecule has 0 bridgehead atoms. The molecule has 23 nitrogen and oxygen atoms in total. The number of carbonyl (C=O) groups is 8. The highest BCUT2D eigenvalue weighted by molar-refractivity contribution is 5.97. The standard InChI is InChI=1S/C29H52N14O9/c1-14(30)22(46)39-15(2)23(47)41-17(7-4-10-37-29(34)35)25(49)42-16(6-3-9-36-28(32)33)24(48)38-13-21(45)40-18(12-20(31)44)26(50)43-11-5-8-19(43)27(51)52/h14-19H,3-13,30H2,1-2H3,(H2,31,44)(H,38,48)(H,39,46)(H,40,45)(H,41,47)(H,42,49)(H,51,52)(H4,32,33,36)(H4,34,35,37)/t14-,15-,16-,17-,18-,19-/m0/s1. The summed E-state index contributed by atoms with van der Waals surface area (Å²) >= 11 is 0. The van der Waals surface area contributed by atoms with Gasteiger partial charge in [-0.25, -0.2) is 4.79 Å². The normalized spacial score (nSPS) is 16.4. The number of primary amides is 1. The minimum absolute atomic E-state index is 0.00207. The molecule has 0 aromatic heterocycles. The van der Waals surface area contributed by atoms with Crippen molar-refractivity contribution in [1.29, 1.82) is 0 Å². The molecule has 0 aromatic rings. The fraction of sp³-hybridized carbons (Fsp3) is 0.655. The van der Waals surface area contributed by atoms with Crippen LogP contribution in [0.1, 0.15) is 58.8 Å². The molecule has 1 saturated heterocycles. The van der Waals surface area contributed by atoms with Crippen LogP contribution in [0.2, 0.25) is 0 Å². The topological polar surface area (TPSA) is 401 Å². The molecule has 292 valence electrons. The van der Waals surface area contributed by atoms with E-state index in [1.807, 2.05) is 0 Å². The number of hydrogen-bond acceptors (Lipinski definition) is 11. The Kier molecular flexibility index (Phi) is 18.9. The Balaban J connectivity index is 3.12. The van der Waals surface area contributed by atoms with E-state index in [9.17, 15) is 43.5 Å². The maximum atomic E-state index is 13.5. The molecule has 0 unspecified atom stereocenters. The van der Waals surface area contributed by atoms with E-state index in [4.69, 9.17) is 34.4 Å². The SMILES string of the molecule is C[C@H](N)C(=O)N[C@@H](C)C(=O)N[C@@H](CCCN=C(N)N)C(=O)N[C@@H](CCCN=C(N)N)C(=O)NCC(=O)N[C@@H](CC(N)=O)C(=O)N1CCC[C@H]1C(=O)O. The summed E-state index contributed by atoms with van der Waals surface area (Å²) in [5.74, 6) is -7.32. The highest BCUT2D eigenvalue weighted by Crippen LogP contribution is 2.19. The molecule has 7 amide bonds. The zero-order valence-electron chi connectivity index (χ0n) is 29.3. The van der Waals surface area contributed by atoms with E-state index in [1.165, 1.54) is 13.8 Å². The van der Waals surface area contributed by atoms with E-state index in [2.05, 4.69) is 36.6 Å². The summed E-state index contributed by atoms with van der Waals surface area (Å²) in [6.45, 7) is 2.35. The van der Waals surface area contributed by atoms with Crippen molar-refractivity contribution < 1.29 is 43.5 Å². The lowest BCUT2D eigenvalue weighted by molar-refractivity contribution is -0.149. The van der Waals surface area contributed by atoms with E-state index >= 15 is 0 Å². The van der Waals surface area contributed by atoms with Gasteiger partial charge in [0, 0.05) is 19.6 Å². The van der Waals surface area contributed by atoms with Crippen LogP contribution in [-0.2, 0) is 38.4 Å². The van der Waals surface area contributed by atoms with E-state index in [0.29, 0.717) is 6.42 Å². The third kappa shape index (κ3) is 16.3. The van der Waals surface area contributed by atoms with Gasteiger partial charge in [-0.1, -0.05) is 0 Å². The van der Waals surface area contributed by atoms with Gasteiger partial charge in [-0.3, -0.25) is 43.5 Å². The number of likely N-dealkylation sites (tertiary alicyclic amines) is 1. The van der Waals surface area contributed by atoms with Crippen molar-refractivity contribution in [3.63, 3.8) is 0 Å². The minimum Gasteiger partial charge on any atom is -0.480 e. The highest BCUT2D eigenvalue weighted by atomic mass is 16.4. The summed E-state index contributed by atoms with van der Waals surface area (Å²) < 4.78 is 0. The number of amides is 7. The van der Waals surface area contributed by atoms with Crippen molar-refractivity contribution >= 4 is 59.2 Å². The number of carboxylic acids is 1. The second kappa shape index (κ2) is 22.2. The fourth-order valence-electron chi connectivity index (χ4n) is 4.95. The lowest BCUT2D eigenvalue weighted by Gasteiger charge is -2.27. The van der Waals surface area contributed by atoms with Gasteiger partial charge >= 0.3 is 5.97 Å². The van der Waals surface area contributed by atoms with Crippen LogP contribution in [0.25, 0.3) is 0 Å². The van der Waals surface area contributed by atoms with Crippen LogP contribution >= 0.6 is 0 Å². The molecule has 23 heteroatoms. The first-order chi connectivity index (χ1) is 24.3. The molecule has 1 fully saturated rings. The quantitative estimate of drug-likeness (QED) is 0.0279. The Morgan fingerprint density at radius 1 is 0.750 bits per heavy atom. The summed E-state index contributed by atoms with van der Waals surface area (Å²) in [5, 5.41) is 21.6. The Morgan fingerprint density at radius 2 is 1.29 bits per heavy atom. The Bertz CT molecular complexity index is 1360. The largest absolute Gasteiger partial charge is 0.480 e. The van der Waals surface area contributed by atoms with Gasteiger partial charge in [0.05, 0.1) is 19.0 Å². The zero-order valence-corrected chi connectivity index (χ0v) is 29.3. The summed E-state index contributed by atoms with van der Waals surface area (Å²) in [4.78, 5) is 110. The first-order valence-electron chi connectivity index (χ1n) is 16.5. The van der Waals surface area contributed by atoms with Crippen LogP contribution < -0.4 is 61.0 Å². The average molecular weight is 741 g/mol. The smallest absolute Gasteiger partial charge is 0.326 e. The number of carboxylic acid groups (broad SMARTS) is 1. The first kappa shape index (κ1) is 44.3. The molecular weight excluding hydrogens is 688 g/mol. The molecule has 0 aliphatic carbocycles. The first-order valence-corrected chi connectivity index (χ1v) is 16.5. The van der Waals surface area contributed by atoms with Crippen molar-refractivity contribution in [2.24, 2.45) is 44.4 Å². The van der Waals surface area contributed by atoms with Crippen LogP contribution in [0.15, 0.2) is 9.98 Å². The van der Waals surface area contributed by atoms with Crippen molar-refractivity contribution in [3.8, 4) is 0 Å². The number of hydrogen-bond donors (Lipinski definition) is 12. The molecule has 0 radical (unpaired) electrons. The highest BCUT2D eigenvalue weighted by Gasteiger charge is 2.38. The number of nitrogens with two attached hydrogens (primary N) is 6. The summed E-state index contributed by atoms with van der Waals surface area (Å²) in [5.41, 5.74) is 32.3. The third-order valence-corrected chi connectivity index (χ3v) is 7.60. The molecule has 0 saturated carbocycles. The predicted molar refractivity (Wildman–Crippen MR) is 186 cm³/mol. The second-order valence-electron chi connectivity index (χ2n) is 12.1. The van der Waals surface area contributed by atoms with Crippen LogP contribution in [0.4, 0.5) is 0 Å². The fourth-order valence-corrected chi connectivity index (χ4v) is 4.95. The van der Waals surface area contributed by atoms with Gasteiger partial charge in [0.2, 0.25) is 41.4 Å². The number of rotatable bonds is 22. The van der Waals surface area contributed by atoms with Gasteiger partial charge in [0.1, 0.15) is 30.2 Å². The van der Waals surface area contributed by atoms with Crippen LogP contribution in [0.3, 0.4) is 0 Å². The van der Waals surface area contributed by atoms with Crippen LogP contribution in [-0.4, -0.2) is 132 Å². The summed E-state index contributed by atoms with van der Waals surface area (Å²) in [6.07, 6.45) is 0.315. The molecule has 0 spiro atoms. The second-order valence-corrected chi connectivity index (χ2v) is 12.1. The maximum Gasteiger partial charge on any atom is 0.326 e. The van der Waals surface area contributed by atoms with E-state index in [-0.39, 0.29) is 63.7 Å². The van der Waals surface area contributed by atoms with E-state index < -0.39 is 96.5 Å². The lowest BCUT2D eigenvalue weighted by atomic mass is 10.1. The molecule has 0 aromatic carbocycles. The van der Waals surface area contributed by atoms with Gasteiger partial charge in [0.25, 0.3) is 0 Å². The molecule has 1 heterocycles. The maximum absolute atomic E-state index is 13.5. The Labute approximate surface area is 299 Å². The molecule has 6 atom stereocenters. The van der Waals surface area contributed by atoms with E-state index in [0.717, 1.165) is 4.90 Å². The van der Waals surface area contributed by atoms with Gasteiger partial charge in [-0.05, 0) is 52.4 Å². The van der Waals surface area contributed by atoms with Crippen LogP contribution in [0.5, 0.6) is 0 Å². The lowest BCUT2D eigenvalue weighted by Crippen LogP contribution is -2.57. The van der Waals surface area contributed by atoms with Crippen molar-refractivity contribution in [3.05, 3.63) is 0 Å². The van der Waals surface area contributed by atoms with Gasteiger partial charge < -0.3 is 71.0 Å². The van der Waals surface area contributed by atoms with E-state index in [1.54, 1.807) is 0 Å². The molecule has 1 rings (SSSR count). The number of guanidine groups is 2. The van der Waals surface area contributed by atoms with Gasteiger partial charge in [-0.2, -0.15) is 0 Å². The zero-order chi connectivity index (χ0) is 39.5. The number of aliphatic imine (C=N–C) groups is 2.